The Balaban J connectivity index is 2.14. The summed E-state index contributed by atoms with van der Waals surface area (Å²) in [5, 5.41) is 8.08. The SMILES string of the molecule is CCNC[C@H](CC)Oc1c(C)cc(Cl)cc1-c1ncnn2cc(C(N)=O)cc12. The van der Waals surface area contributed by atoms with Gasteiger partial charge in [0.1, 0.15) is 23.9 Å². The van der Waals surface area contributed by atoms with Crippen LogP contribution >= 0.6 is 11.6 Å². The lowest BCUT2D eigenvalue weighted by Gasteiger charge is -2.22. The van der Waals surface area contributed by atoms with E-state index in [1.54, 1.807) is 16.8 Å². The van der Waals surface area contributed by atoms with Gasteiger partial charge in [0.25, 0.3) is 0 Å². The summed E-state index contributed by atoms with van der Waals surface area (Å²) in [6.07, 6.45) is 3.87. The van der Waals surface area contributed by atoms with Crippen LogP contribution in [0.25, 0.3) is 16.8 Å². The summed E-state index contributed by atoms with van der Waals surface area (Å²) in [7, 11) is 0. The molecule has 0 spiro atoms. The smallest absolute Gasteiger partial charge is 0.250 e. The Kier molecular flexibility index (Phi) is 6.16. The van der Waals surface area contributed by atoms with Gasteiger partial charge in [-0.1, -0.05) is 25.4 Å². The van der Waals surface area contributed by atoms with Gasteiger partial charge in [-0.2, -0.15) is 5.10 Å². The average Bonchev–Trinajstić information content (AvgIpc) is 3.11. The number of carbonyl (C=O) groups excluding carboxylic acids is 1. The van der Waals surface area contributed by atoms with Crippen molar-refractivity contribution >= 4 is 23.0 Å². The molecule has 0 unspecified atom stereocenters. The number of likely N-dealkylation sites (N-methyl/N-ethyl adjacent to an activating group) is 1. The minimum absolute atomic E-state index is 0.00407. The summed E-state index contributed by atoms with van der Waals surface area (Å²) >= 11 is 6.34. The number of halogens is 1. The van der Waals surface area contributed by atoms with E-state index in [0.717, 1.165) is 36.4 Å². The predicted octanol–water partition coefficient (Wildman–Crippen LogP) is 3.22. The third kappa shape index (κ3) is 4.10. The molecule has 3 N–H and O–H groups in total. The number of aromatic nitrogens is 3. The minimum atomic E-state index is -0.521. The zero-order valence-corrected chi connectivity index (χ0v) is 17.0. The number of amides is 1. The third-order valence-electron chi connectivity index (χ3n) is 4.55. The predicted molar refractivity (Wildman–Crippen MR) is 110 cm³/mol. The number of nitrogens with two attached hydrogens (primary N) is 1. The highest BCUT2D eigenvalue weighted by Gasteiger charge is 2.20. The summed E-state index contributed by atoms with van der Waals surface area (Å²) in [5.41, 5.74) is 8.73. The topological polar surface area (TPSA) is 94.5 Å². The van der Waals surface area contributed by atoms with Crippen molar-refractivity contribution in [2.75, 3.05) is 13.1 Å². The van der Waals surface area contributed by atoms with Crippen LogP contribution in [0, 0.1) is 6.92 Å². The van der Waals surface area contributed by atoms with E-state index in [4.69, 9.17) is 22.1 Å². The van der Waals surface area contributed by atoms with Crippen LogP contribution in [0.1, 0.15) is 36.2 Å². The Morgan fingerprint density at radius 2 is 2.14 bits per heavy atom. The molecule has 1 amide bonds. The number of benzene rings is 1. The standard InChI is InChI=1S/C20H24ClN5O2/c1-4-15(9-23-5-2)28-19-12(3)6-14(21)8-16(19)18-17-7-13(20(22)27)10-26(17)25-11-24-18/h6-8,10-11,15,23H,4-5,9H2,1-3H3,(H2,22,27)/t15-/m0/s1. The number of nitrogens with zero attached hydrogens (tertiary/aromatic N) is 3. The molecule has 8 heteroatoms. The molecule has 0 radical (unpaired) electrons. The van der Waals surface area contributed by atoms with Crippen molar-refractivity contribution in [1.82, 2.24) is 19.9 Å². The second-order valence-corrected chi connectivity index (χ2v) is 7.02. The zero-order valence-electron chi connectivity index (χ0n) is 16.2. The fourth-order valence-electron chi connectivity index (χ4n) is 3.08. The fourth-order valence-corrected chi connectivity index (χ4v) is 3.35. The molecule has 0 aliphatic carbocycles. The average molecular weight is 402 g/mol. The van der Waals surface area contributed by atoms with Crippen LogP contribution in [-0.4, -0.2) is 39.7 Å². The van der Waals surface area contributed by atoms with Gasteiger partial charge >= 0.3 is 0 Å². The molecule has 3 rings (SSSR count). The lowest BCUT2D eigenvalue weighted by atomic mass is 10.1. The number of hydrogen-bond donors (Lipinski definition) is 2. The summed E-state index contributed by atoms with van der Waals surface area (Å²) in [6, 6.07) is 5.36. The van der Waals surface area contributed by atoms with Gasteiger partial charge in [0.15, 0.2) is 0 Å². The van der Waals surface area contributed by atoms with Gasteiger partial charge in [-0.25, -0.2) is 9.50 Å². The molecule has 28 heavy (non-hydrogen) atoms. The van der Waals surface area contributed by atoms with E-state index in [1.165, 1.54) is 6.33 Å². The Morgan fingerprint density at radius 3 is 2.82 bits per heavy atom. The van der Waals surface area contributed by atoms with E-state index in [2.05, 4.69) is 29.2 Å². The van der Waals surface area contributed by atoms with Crippen molar-refractivity contribution < 1.29 is 9.53 Å². The van der Waals surface area contributed by atoms with Crippen LogP contribution in [0.15, 0.2) is 30.7 Å². The highest BCUT2D eigenvalue weighted by molar-refractivity contribution is 6.31. The summed E-state index contributed by atoms with van der Waals surface area (Å²) in [5.74, 6) is 0.198. The quantitative estimate of drug-likeness (QED) is 0.604. The number of ether oxygens (including phenoxy) is 1. The minimum Gasteiger partial charge on any atom is -0.488 e. The molecule has 0 aliphatic rings. The first-order valence-corrected chi connectivity index (χ1v) is 9.63. The molecule has 2 aromatic heterocycles. The second kappa shape index (κ2) is 8.58. The van der Waals surface area contributed by atoms with Gasteiger partial charge in [0.2, 0.25) is 5.91 Å². The molecule has 2 heterocycles. The molecule has 1 aromatic carbocycles. The van der Waals surface area contributed by atoms with Crippen molar-refractivity contribution in [1.29, 1.82) is 0 Å². The number of primary amides is 1. The van der Waals surface area contributed by atoms with E-state index < -0.39 is 5.91 Å². The highest BCUT2D eigenvalue weighted by Crippen LogP contribution is 2.37. The zero-order chi connectivity index (χ0) is 20.3. The molecule has 148 valence electrons. The lowest BCUT2D eigenvalue weighted by molar-refractivity contribution is 0.100. The molecule has 0 fully saturated rings. The van der Waals surface area contributed by atoms with Crippen LogP contribution in [0.2, 0.25) is 5.02 Å². The van der Waals surface area contributed by atoms with Crippen molar-refractivity contribution in [2.45, 2.75) is 33.3 Å². The summed E-state index contributed by atoms with van der Waals surface area (Å²) in [6.45, 7) is 7.72. The number of carbonyl (C=O) groups is 1. The molecule has 0 saturated heterocycles. The van der Waals surface area contributed by atoms with Gasteiger partial charge in [0.05, 0.1) is 11.1 Å². The van der Waals surface area contributed by atoms with E-state index in [0.29, 0.717) is 21.8 Å². The van der Waals surface area contributed by atoms with Crippen LogP contribution in [-0.2, 0) is 0 Å². The van der Waals surface area contributed by atoms with Gasteiger partial charge in [0, 0.05) is 23.3 Å². The Morgan fingerprint density at radius 1 is 1.36 bits per heavy atom. The summed E-state index contributed by atoms with van der Waals surface area (Å²) in [4.78, 5) is 16.0. The van der Waals surface area contributed by atoms with Crippen molar-refractivity contribution in [3.8, 4) is 17.0 Å². The second-order valence-electron chi connectivity index (χ2n) is 6.59. The molecule has 7 nitrogen and oxygen atoms in total. The van der Waals surface area contributed by atoms with E-state index in [1.807, 2.05) is 19.1 Å². The molecular formula is C20H24ClN5O2. The normalized spacial score (nSPS) is 12.3. The fraction of sp³-hybridized carbons (Fsp3) is 0.350. The van der Waals surface area contributed by atoms with Gasteiger partial charge in [-0.05, 0) is 43.7 Å². The largest absolute Gasteiger partial charge is 0.488 e. The highest BCUT2D eigenvalue weighted by atomic mass is 35.5. The van der Waals surface area contributed by atoms with Crippen LogP contribution in [0.3, 0.4) is 0 Å². The number of nitrogens with one attached hydrogen (secondary N) is 1. The van der Waals surface area contributed by atoms with E-state index >= 15 is 0 Å². The first kappa shape index (κ1) is 20.1. The summed E-state index contributed by atoms with van der Waals surface area (Å²) < 4.78 is 7.94. The van der Waals surface area contributed by atoms with Crippen LogP contribution in [0.4, 0.5) is 0 Å². The Labute approximate surface area is 168 Å². The molecular weight excluding hydrogens is 378 g/mol. The molecule has 3 aromatic rings. The van der Waals surface area contributed by atoms with E-state index in [9.17, 15) is 4.79 Å². The maximum Gasteiger partial charge on any atom is 0.250 e. The Bertz CT molecular complexity index is 1000. The van der Waals surface area contributed by atoms with Gasteiger partial charge in [-0.3, -0.25) is 4.79 Å². The maximum atomic E-state index is 11.6. The van der Waals surface area contributed by atoms with Crippen LogP contribution < -0.4 is 15.8 Å². The number of fused-ring (bicyclic) bond motifs is 1. The maximum absolute atomic E-state index is 11.6. The van der Waals surface area contributed by atoms with Gasteiger partial charge in [-0.15, -0.1) is 0 Å². The molecule has 0 bridgehead atoms. The number of hydrogen-bond acceptors (Lipinski definition) is 5. The monoisotopic (exact) mass is 401 g/mol. The van der Waals surface area contributed by atoms with Crippen LogP contribution in [0.5, 0.6) is 5.75 Å². The van der Waals surface area contributed by atoms with Gasteiger partial charge < -0.3 is 15.8 Å². The first-order valence-electron chi connectivity index (χ1n) is 9.25. The number of rotatable bonds is 8. The van der Waals surface area contributed by atoms with Crippen molar-refractivity contribution in [3.63, 3.8) is 0 Å². The molecule has 1 atom stereocenters. The molecule has 0 aliphatic heterocycles. The molecule has 0 saturated carbocycles. The number of aryl methyl sites for hydroxylation is 1. The van der Waals surface area contributed by atoms with E-state index in [-0.39, 0.29) is 6.10 Å². The van der Waals surface area contributed by atoms with Crippen molar-refractivity contribution in [2.24, 2.45) is 5.73 Å². The van der Waals surface area contributed by atoms with Crippen molar-refractivity contribution in [3.05, 3.63) is 46.9 Å². The third-order valence-corrected chi connectivity index (χ3v) is 4.77. The first-order chi connectivity index (χ1) is 13.4. The Hall–Kier alpha value is -2.64. The lowest BCUT2D eigenvalue weighted by Crippen LogP contribution is -2.31.